The van der Waals surface area contributed by atoms with Crippen molar-refractivity contribution in [2.45, 2.75) is 19.1 Å². The van der Waals surface area contributed by atoms with Crippen LogP contribution in [-0.2, 0) is 16.2 Å². The van der Waals surface area contributed by atoms with E-state index in [2.05, 4.69) is 15.5 Å². The van der Waals surface area contributed by atoms with Gasteiger partial charge in [-0.25, -0.2) is 0 Å². The van der Waals surface area contributed by atoms with Crippen LogP contribution in [0.15, 0.2) is 47.8 Å². The molecule has 7 heteroatoms. The lowest BCUT2D eigenvalue weighted by molar-refractivity contribution is -0.131. The fourth-order valence-electron chi connectivity index (χ4n) is 2.16. The van der Waals surface area contributed by atoms with E-state index in [1.54, 1.807) is 24.4 Å². The Hall–Kier alpha value is -2.11. The van der Waals surface area contributed by atoms with E-state index in [1.165, 1.54) is 0 Å². The summed E-state index contributed by atoms with van der Waals surface area (Å²) in [5, 5.41) is 7.67. The number of halogens is 2. The minimum atomic E-state index is -0.650. The molecule has 118 valence electrons. The van der Waals surface area contributed by atoms with Gasteiger partial charge in [-0.15, -0.1) is 0 Å². The number of benzene rings is 1. The fourth-order valence-corrected chi connectivity index (χ4v) is 2.46. The van der Waals surface area contributed by atoms with Crippen molar-refractivity contribution >= 4 is 34.8 Å². The Labute approximate surface area is 143 Å². The largest absolute Gasteiger partial charge is 0.382 e. The molecule has 0 fully saturated rings. The van der Waals surface area contributed by atoms with Crippen LogP contribution in [-0.4, -0.2) is 22.7 Å². The first-order valence-electron chi connectivity index (χ1n) is 6.99. The number of amides is 1. The minimum absolute atomic E-state index is 0.227. The summed E-state index contributed by atoms with van der Waals surface area (Å²) >= 11 is 11.9. The van der Waals surface area contributed by atoms with Crippen LogP contribution in [0.2, 0.25) is 10.0 Å². The molecule has 1 atom stereocenters. The minimum Gasteiger partial charge on any atom is -0.382 e. The molecule has 2 aromatic rings. The SMILES string of the molecule is O=C(NCc1ccccn1)[C@H]1CC(c2ccc(Cl)c(Cl)c2)=NO1. The van der Waals surface area contributed by atoms with Crippen LogP contribution in [0.3, 0.4) is 0 Å². The van der Waals surface area contributed by atoms with Crippen LogP contribution in [0.4, 0.5) is 0 Å². The number of nitrogens with zero attached hydrogens (tertiary/aromatic N) is 2. The van der Waals surface area contributed by atoms with Crippen LogP contribution in [0, 0.1) is 0 Å². The molecule has 1 N–H and O–H groups in total. The molecule has 0 bridgehead atoms. The third kappa shape index (κ3) is 3.81. The fraction of sp³-hybridized carbons (Fsp3) is 0.188. The summed E-state index contributed by atoms with van der Waals surface area (Å²) in [4.78, 5) is 21.5. The summed E-state index contributed by atoms with van der Waals surface area (Å²) in [7, 11) is 0. The van der Waals surface area contributed by atoms with E-state index in [1.807, 2.05) is 18.2 Å². The molecule has 2 heterocycles. The van der Waals surface area contributed by atoms with E-state index < -0.39 is 6.10 Å². The van der Waals surface area contributed by atoms with E-state index in [-0.39, 0.29) is 5.91 Å². The third-order valence-corrected chi connectivity index (χ3v) is 4.12. The highest BCUT2D eigenvalue weighted by Crippen LogP contribution is 2.25. The average Bonchev–Trinajstić information content (AvgIpc) is 3.06. The molecule has 3 rings (SSSR count). The Balaban J connectivity index is 1.58. The number of pyridine rings is 1. The second kappa shape index (κ2) is 6.98. The molecule has 1 aromatic heterocycles. The molecule has 1 aliphatic rings. The number of nitrogens with one attached hydrogen (secondary N) is 1. The number of carbonyl (C=O) groups is 1. The summed E-state index contributed by atoms with van der Waals surface area (Å²) in [6, 6.07) is 10.7. The number of hydrogen-bond acceptors (Lipinski definition) is 4. The molecule has 23 heavy (non-hydrogen) atoms. The first kappa shape index (κ1) is 15.8. The normalized spacial score (nSPS) is 16.6. The Kier molecular flexibility index (Phi) is 4.79. The van der Waals surface area contributed by atoms with Crippen molar-refractivity contribution in [2.75, 3.05) is 0 Å². The summed E-state index contributed by atoms with van der Waals surface area (Å²) in [5.74, 6) is -0.227. The maximum atomic E-state index is 12.1. The van der Waals surface area contributed by atoms with Crippen molar-refractivity contribution in [3.8, 4) is 0 Å². The number of aromatic nitrogens is 1. The van der Waals surface area contributed by atoms with Gasteiger partial charge in [0.2, 0.25) is 6.10 Å². The maximum Gasteiger partial charge on any atom is 0.264 e. The number of carbonyl (C=O) groups excluding carboxylic acids is 1. The molecular formula is C16H13Cl2N3O2. The molecule has 0 radical (unpaired) electrons. The van der Waals surface area contributed by atoms with Gasteiger partial charge in [0.25, 0.3) is 5.91 Å². The monoisotopic (exact) mass is 349 g/mol. The van der Waals surface area contributed by atoms with Gasteiger partial charge in [0.05, 0.1) is 28.0 Å². The van der Waals surface area contributed by atoms with Gasteiger partial charge < -0.3 is 10.2 Å². The summed E-state index contributed by atoms with van der Waals surface area (Å²) in [5.41, 5.74) is 2.24. The van der Waals surface area contributed by atoms with Gasteiger partial charge in [0.1, 0.15) is 0 Å². The van der Waals surface area contributed by atoms with Crippen molar-refractivity contribution in [1.82, 2.24) is 10.3 Å². The zero-order valence-electron chi connectivity index (χ0n) is 12.0. The van der Waals surface area contributed by atoms with Crippen LogP contribution in [0.25, 0.3) is 0 Å². The number of hydrogen-bond donors (Lipinski definition) is 1. The molecule has 1 amide bonds. The first-order valence-corrected chi connectivity index (χ1v) is 7.75. The molecule has 0 aliphatic carbocycles. The lowest BCUT2D eigenvalue weighted by Crippen LogP contribution is -2.34. The van der Waals surface area contributed by atoms with Gasteiger partial charge in [-0.2, -0.15) is 0 Å². The van der Waals surface area contributed by atoms with Crippen molar-refractivity contribution < 1.29 is 9.63 Å². The summed E-state index contributed by atoms with van der Waals surface area (Å²) < 4.78 is 0. The smallest absolute Gasteiger partial charge is 0.264 e. The number of rotatable bonds is 4. The Morgan fingerprint density at radius 3 is 2.87 bits per heavy atom. The standard InChI is InChI=1S/C16H13Cl2N3O2/c17-12-5-4-10(7-13(12)18)14-8-15(23-21-14)16(22)20-9-11-3-1-2-6-19-11/h1-7,15H,8-9H2,(H,20,22)/t15-/m1/s1. The van der Waals surface area contributed by atoms with Crippen LogP contribution in [0.5, 0.6) is 0 Å². The molecular weight excluding hydrogens is 337 g/mol. The third-order valence-electron chi connectivity index (χ3n) is 3.38. The quantitative estimate of drug-likeness (QED) is 0.921. The Morgan fingerprint density at radius 1 is 1.26 bits per heavy atom. The summed E-state index contributed by atoms with van der Waals surface area (Å²) in [6.45, 7) is 0.349. The highest BCUT2D eigenvalue weighted by Gasteiger charge is 2.28. The molecule has 1 aliphatic heterocycles. The molecule has 0 saturated heterocycles. The zero-order valence-corrected chi connectivity index (χ0v) is 13.5. The van der Waals surface area contributed by atoms with Gasteiger partial charge in [-0.1, -0.05) is 40.5 Å². The van der Waals surface area contributed by atoms with Crippen molar-refractivity contribution in [2.24, 2.45) is 5.16 Å². The average molecular weight is 350 g/mol. The molecule has 0 unspecified atom stereocenters. The molecule has 0 saturated carbocycles. The van der Waals surface area contributed by atoms with Crippen LogP contribution < -0.4 is 5.32 Å². The lowest BCUT2D eigenvalue weighted by atomic mass is 10.0. The first-order chi connectivity index (χ1) is 11.1. The van der Waals surface area contributed by atoms with Crippen molar-refractivity contribution in [3.63, 3.8) is 0 Å². The predicted molar refractivity (Wildman–Crippen MR) is 88.6 cm³/mol. The van der Waals surface area contributed by atoms with E-state index in [4.69, 9.17) is 28.0 Å². The van der Waals surface area contributed by atoms with Gasteiger partial charge in [-0.3, -0.25) is 9.78 Å². The second-order valence-corrected chi connectivity index (χ2v) is 5.82. The van der Waals surface area contributed by atoms with E-state index in [0.717, 1.165) is 11.3 Å². The van der Waals surface area contributed by atoms with Crippen molar-refractivity contribution in [1.29, 1.82) is 0 Å². The van der Waals surface area contributed by atoms with E-state index in [0.29, 0.717) is 28.7 Å². The summed E-state index contributed by atoms with van der Waals surface area (Å²) in [6.07, 6.45) is 1.41. The van der Waals surface area contributed by atoms with Crippen molar-refractivity contribution in [3.05, 3.63) is 63.9 Å². The topological polar surface area (TPSA) is 63.6 Å². The lowest BCUT2D eigenvalue weighted by Gasteiger charge is -2.09. The van der Waals surface area contributed by atoms with Crippen LogP contribution >= 0.6 is 23.2 Å². The van der Waals surface area contributed by atoms with E-state index in [9.17, 15) is 4.79 Å². The Morgan fingerprint density at radius 2 is 2.13 bits per heavy atom. The van der Waals surface area contributed by atoms with Gasteiger partial charge in [0, 0.05) is 18.2 Å². The molecule has 0 spiro atoms. The van der Waals surface area contributed by atoms with Crippen LogP contribution in [0.1, 0.15) is 17.7 Å². The molecule has 1 aromatic carbocycles. The highest BCUT2D eigenvalue weighted by molar-refractivity contribution is 6.42. The van der Waals surface area contributed by atoms with Gasteiger partial charge in [-0.05, 0) is 24.3 Å². The second-order valence-electron chi connectivity index (χ2n) is 5.00. The predicted octanol–water partition coefficient (Wildman–Crippen LogP) is 3.20. The molecule has 5 nitrogen and oxygen atoms in total. The zero-order chi connectivity index (χ0) is 16.2. The van der Waals surface area contributed by atoms with Gasteiger partial charge in [0.15, 0.2) is 0 Å². The highest BCUT2D eigenvalue weighted by atomic mass is 35.5. The maximum absolute atomic E-state index is 12.1. The Bertz CT molecular complexity index is 750. The number of oxime groups is 1. The van der Waals surface area contributed by atoms with Gasteiger partial charge >= 0.3 is 0 Å². The van der Waals surface area contributed by atoms with E-state index >= 15 is 0 Å².